The van der Waals surface area contributed by atoms with Crippen LogP contribution in [0.15, 0.2) is 59.8 Å². The van der Waals surface area contributed by atoms with Crippen molar-refractivity contribution in [1.29, 1.82) is 0 Å². The van der Waals surface area contributed by atoms with Crippen molar-refractivity contribution in [2.75, 3.05) is 6.26 Å². The number of benzene rings is 2. The second kappa shape index (κ2) is 6.03. The van der Waals surface area contributed by atoms with Crippen molar-refractivity contribution in [2.24, 2.45) is 0 Å². The molecule has 6 nitrogen and oxygen atoms in total. The van der Waals surface area contributed by atoms with E-state index in [0.717, 1.165) is 22.2 Å². The van der Waals surface area contributed by atoms with E-state index in [1.807, 2.05) is 25.1 Å². The number of aromatic amines is 1. The van der Waals surface area contributed by atoms with Gasteiger partial charge in [0.1, 0.15) is 5.69 Å². The van der Waals surface area contributed by atoms with Crippen LogP contribution in [0.5, 0.6) is 0 Å². The Hall–Kier alpha value is -3.06. The van der Waals surface area contributed by atoms with E-state index in [9.17, 15) is 8.42 Å². The SMILES string of the molecule is Cc1cccc2[nH]c(-c3cncc(-c4ccc(S(C)(=O)=O)cc4)n3)nc12. The van der Waals surface area contributed by atoms with Gasteiger partial charge in [0.05, 0.1) is 34.0 Å². The Morgan fingerprint density at radius 2 is 1.65 bits per heavy atom. The van der Waals surface area contributed by atoms with Gasteiger partial charge in [0.25, 0.3) is 0 Å². The van der Waals surface area contributed by atoms with Crippen LogP contribution in [0.1, 0.15) is 5.56 Å². The standard InChI is InChI=1S/C19H16N4O2S/c1-12-4-3-5-15-18(12)23-19(22-15)17-11-20-10-16(21-17)13-6-8-14(9-7-13)26(2,24)25/h3-11H,1-2H3,(H,22,23). The Kier molecular flexibility index (Phi) is 3.81. The molecule has 0 saturated heterocycles. The molecule has 0 aliphatic heterocycles. The lowest BCUT2D eigenvalue weighted by atomic mass is 10.1. The molecule has 2 heterocycles. The molecule has 1 N–H and O–H groups in total. The molecular formula is C19H16N4O2S. The summed E-state index contributed by atoms with van der Waals surface area (Å²) >= 11 is 0. The van der Waals surface area contributed by atoms with Crippen LogP contribution in [0.2, 0.25) is 0 Å². The van der Waals surface area contributed by atoms with Crippen LogP contribution in [0.25, 0.3) is 33.8 Å². The van der Waals surface area contributed by atoms with Crippen LogP contribution in [0.3, 0.4) is 0 Å². The fourth-order valence-electron chi connectivity index (χ4n) is 2.79. The quantitative estimate of drug-likeness (QED) is 0.602. The van der Waals surface area contributed by atoms with Gasteiger partial charge in [0, 0.05) is 11.8 Å². The lowest BCUT2D eigenvalue weighted by Gasteiger charge is -2.04. The van der Waals surface area contributed by atoms with Gasteiger partial charge in [0.2, 0.25) is 0 Å². The number of imidazole rings is 1. The van der Waals surface area contributed by atoms with Gasteiger partial charge in [-0.2, -0.15) is 0 Å². The van der Waals surface area contributed by atoms with Gasteiger partial charge < -0.3 is 4.98 Å². The minimum absolute atomic E-state index is 0.276. The number of aryl methyl sites for hydroxylation is 1. The lowest BCUT2D eigenvalue weighted by molar-refractivity contribution is 0.602. The largest absolute Gasteiger partial charge is 0.337 e. The van der Waals surface area contributed by atoms with Crippen molar-refractivity contribution in [3.63, 3.8) is 0 Å². The first-order valence-corrected chi connectivity index (χ1v) is 9.89. The van der Waals surface area contributed by atoms with Crippen LogP contribution in [0.4, 0.5) is 0 Å². The molecule has 0 radical (unpaired) electrons. The summed E-state index contributed by atoms with van der Waals surface area (Å²) in [5, 5.41) is 0. The van der Waals surface area contributed by atoms with E-state index in [1.165, 1.54) is 6.26 Å². The Labute approximate surface area is 150 Å². The molecule has 130 valence electrons. The molecule has 0 aliphatic rings. The number of hydrogen-bond acceptors (Lipinski definition) is 5. The van der Waals surface area contributed by atoms with Gasteiger partial charge in [-0.15, -0.1) is 0 Å². The summed E-state index contributed by atoms with van der Waals surface area (Å²) in [6, 6.07) is 12.6. The molecule has 2 aromatic carbocycles. The van der Waals surface area contributed by atoms with E-state index in [0.29, 0.717) is 17.2 Å². The van der Waals surface area contributed by atoms with Gasteiger partial charge in [-0.3, -0.25) is 4.98 Å². The average Bonchev–Trinajstić information content (AvgIpc) is 3.07. The second-order valence-corrected chi connectivity index (χ2v) is 8.16. The normalized spacial score (nSPS) is 11.8. The van der Waals surface area contributed by atoms with Crippen molar-refractivity contribution < 1.29 is 8.42 Å². The first kappa shape index (κ1) is 16.4. The monoisotopic (exact) mass is 364 g/mol. The van der Waals surface area contributed by atoms with E-state index in [-0.39, 0.29) is 4.90 Å². The molecule has 0 saturated carbocycles. The summed E-state index contributed by atoms with van der Waals surface area (Å²) in [5.41, 5.74) is 5.02. The number of rotatable bonds is 3. The molecule has 0 unspecified atom stereocenters. The number of H-pyrrole nitrogens is 1. The van der Waals surface area contributed by atoms with E-state index in [4.69, 9.17) is 0 Å². The highest BCUT2D eigenvalue weighted by atomic mass is 32.2. The smallest absolute Gasteiger partial charge is 0.175 e. The lowest BCUT2D eigenvalue weighted by Crippen LogP contribution is -1.97. The molecule has 26 heavy (non-hydrogen) atoms. The van der Waals surface area contributed by atoms with Crippen LogP contribution in [0, 0.1) is 6.92 Å². The summed E-state index contributed by atoms with van der Waals surface area (Å²) in [5.74, 6) is 0.649. The van der Waals surface area contributed by atoms with Crippen molar-refractivity contribution in [1.82, 2.24) is 19.9 Å². The fraction of sp³-hybridized carbons (Fsp3) is 0.105. The van der Waals surface area contributed by atoms with Gasteiger partial charge in [-0.05, 0) is 30.7 Å². The average molecular weight is 364 g/mol. The number of sulfone groups is 1. The van der Waals surface area contributed by atoms with Crippen LogP contribution >= 0.6 is 0 Å². The highest BCUT2D eigenvalue weighted by Crippen LogP contribution is 2.24. The topological polar surface area (TPSA) is 88.6 Å². The number of aromatic nitrogens is 4. The maximum Gasteiger partial charge on any atom is 0.175 e. The molecule has 0 atom stereocenters. The third-order valence-corrected chi connectivity index (χ3v) is 5.30. The van der Waals surface area contributed by atoms with Crippen molar-refractivity contribution in [3.05, 3.63) is 60.4 Å². The third kappa shape index (κ3) is 2.97. The molecule has 4 rings (SSSR count). The highest BCUT2D eigenvalue weighted by Gasteiger charge is 2.11. The highest BCUT2D eigenvalue weighted by molar-refractivity contribution is 7.90. The molecule has 7 heteroatoms. The van der Waals surface area contributed by atoms with Crippen LogP contribution < -0.4 is 0 Å². The summed E-state index contributed by atoms with van der Waals surface area (Å²) in [7, 11) is -3.22. The zero-order valence-corrected chi connectivity index (χ0v) is 15.1. The molecule has 0 amide bonds. The van der Waals surface area contributed by atoms with E-state index >= 15 is 0 Å². The summed E-state index contributed by atoms with van der Waals surface area (Å²) in [6.07, 6.45) is 4.49. The van der Waals surface area contributed by atoms with Gasteiger partial charge >= 0.3 is 0 Å². The third-order valence-electron chi connectivity index (χ3n) is 4.17. The fourth-order valence-corrected chi connectivity index (χ4v) is 3.42. The predicted molar refractivity (Wildman–Crippen MR) is 100 cm³/mol. The first-order valence-electron chi connectivity index (χ1n) is 8.00. The summed E-state index contributed by atoms with van der Waals surface area (Å²) < 4.78 is 23.2. The molecule has 0 bridgehead atoms. The van der Waals surface area contributed by atoms with E-state index in [1.54, 1.807) is 36.7 Å². The Balaban J connectivity index is 1.75. The van der Waals surface area contributed by atoms with E-state index < -0.39 is 9.84 Å². The number of fused-ring (bicyclic) bond motifs is 1. The van der Waals surface area contributed by atoms with Crippen molar-refractivity contribution in [3.8, 4) is 22.8 Å². The number of nitrogens with zero attached hydrogens (tertiary/aromatic N) is 3. The molecule has 0 aliphatic carbocycles. The zero-order chi connectivity index (χ0) is 18.3. The summed E-state index contributed by atoms with van der Waals surface area (Å²) in [6.45, 7) is 2.01. The van der Waals surface area contributed by atoms with Crippen molar-refractivity contribution >= 4 is 20.9 Å². The molecule has 4 aromatic rings. The number of nitrogens with one attached hydrogen (secondary N) is 1. The maximum absolute atomic E-state index is 11.6. The Morgan fingerprint density at radius 3 is 2.35 bits per heavy atom. The number of para-hydroxylation sites is 1. The maximum atomic E-state index is 11.6. The molecule has 0 spiro atoms. The number of hydrogen-bond donors (Lipinski definition) is 1. The minimum Gasteiger partial charge on any atom is -0.337 e. The Morgan fingerprint density at radius 1 is 0.923 bits per heavy atom. The van der Waals surface area contributed by atoms with Crippen molar-refractivity contribution in [2.45, 2.75) is 11.8 Å². The molecule has 0 fully saturated rings. The molecular weight excluding hydrogens is 348 g/mol. The minimum atomic E-state index is -3.22. The van der Waals surface area contributed by atoms with E-state index in [2.05, 4.69) is 19.9 Å². The summed E-state index contributed by atoms with van der Waals surface area (Å²) in [4.78, 5) is 17.1. The molecule has 2 aromatic heterocycles. The Bertz CT molecular complexity index is 1210. The predicted octanol–water partition coefficient (Wildman–Crippen LogP) is 3.40. The second-order valence-electron chi connectivity index (χ2n) is 6.14. The van der Waals surface area contributed by atoms with Gasteiger partial charge in [-0.25, -0.2) is 18.4 Å². The van der Waals surface area contributed by atoms with Gasteiger partial charge in [0.15, 0.2) is 15.7 Å². The van der Waals surface area contributed by atoms with Gasteiger partial charge in [-0.1, -0.05) is 24.3 Å². The van der Waals surface area contributed by atoms with Crippen LogP contribution in [-0.2, 0) is 9.84 Å². The first-order chi connectivity index (χ1) is 12.4. The van der Waals surface area contributed by atoms with Crippen LogP contribution in [-0.4, -0.2) is 34.6 Å². The zero-order valence-electron chi connectivity index (χ0n) is 14.3.